The summed E-state index contributed by atoms with van der Waals surface area (Å²) >= 11 is 0. The van der Waals surface area contributed by atoms with Gasteiger partial charge in [0, 0.05) is 39.0 Å². The molecule has 0 aromatic rings. The fourth-order valence-electron chi connectivity index (χ4n) is 1.04. The van der Waals surface area contributed by atoms with Crippen LogP contribution in [-0.2, 0) is 56.5 Å². The number of hydrogen-bond donors (Lipinski definition) is 0. The summed E-state index contributed by atoms with van der Waals surface area (Å²) in [5.74, 6) is 0. The first-order valence-corrected chi connectivity index (χ1v) is 7.47. The van der Waals surface area contributed by atoms with E-state index in [0.29, 0.717) is 13.2 Å². The van der Waals surface area contributed by atoms with Crippen LogP contribution in [0, 0.1) is 51.9 Å². The topological polar surface area (TPSA) is 61.8 Å². The monoisotopic (exact) mass is 662 g/mol. The molecule has 0 N–H and O–H groups in total. The van der Waals surface area contributed by atoms with E-state index in [4.69, 9.17) is 9.47 Å². The predicted molar refractivity (Wildman–Crippen MR) is 72.2 cm³/mol. The summed E-state index contributed by atoms with van der Waals surface area (Å²) in [6.07, 6.45) is 3.89. The van der Waals surface area contributed by atoms with Crippen molar-refractivity contribution in [1.29, 1.82) is 0 Å². The van der Waals surface area contributed by atoms with Crippen LogP contribution in [0.25, 0.3) is 0 Å². The molecule has 0 spiro atoms. The molecular weight excluding hydrogens is 640 g/mol. The number of rotatable bonds is 6. The van der Waals surface area contributed by atoms with Gasteiger partial charge < -0.3 is 23.8 Å². The molecule has 23 heavy (non-hydrogen) atoms. The SMILES string of the molecule is O=S(=O)(OC[CH-]C1OCCO1)C(F)(F)F.[CH2-]CCCC.[CH3-].[U+2].[Y]. The van der Waals surface area contributed by atoms with Crippen molar-refractivity contribution in [2.24, 2.45) is 0 Å². The van der Waals surface area contributed by atoms with E-state index in [9.17, 15) is 21.6 Å². The second kappa shape index (κ2) is 17.2. The zero-order chi connectivity index (χ0) is 15.6. The number of ether oxygens (including phenoxy) is 2. The van der Waals surface area contributed by atoms with Crippen molar-refractivity contribution in [3.63, 3.8) is 0 Å². The molecule has 0 unspecified atom stereocenters. The summed E-state index contributed by atoms with van der Waals surface area (Å²) in [6, 6.07) is 0. The Morgan fingerprint density at radius 3 is 2.09 bits per heavy atom. The van der Waals surface area contributed by atoms with Crippen LogP contribution in [0.3, 0.4) is 0 Å². The van der Waals surface area contributed by atoms with Crippen molar-refractivity contribution < 1.29 is 99.1 Å². The smallest absolute Gasteiger partial charge is 0.381 e. The van der Waals surface area contributed by atoms with E-state index < -0.39 is 28.5 Å². The minimum Gasteiger partial charge on any atom is -0.381 e. The maximum Gasteiger partial charge on any atom is 2.00 e. The number of unbranched alkanes of at least 4 members (excludes halogenated alkanes) is 2. The van der Waals surface area contributed by atoms with Gasteiger partial charge in [0.15, 0.2) is 0 Å². The molecule has 135 valence electrons. The van der Waals surface area contributed by atoms with Crippen molar-refractivity contribution in [1.82, 2.24) is 0 Å². The second-order valence-electron chi connectivity index (χ2n) is 3.74. The van der Waals surface area contributed by atoms with E-state index in [0.717, 1.165) is 12.8 Å². The van der Waals surface area contributed by atoms with Gasteiger partial charge in [-0.3, -0.25) is 4.18 Å². The minimum atomic E-state index is -5.53. The average molecular weight is 662 g/mol. The fraction of sp³-hybridized carbons (Fsp3) is 0.750. The van der Waals surface area contributed by atoms with Gasteiger partial charge in [0.05, 0.1) is 13.2 Å². The summed E-state index contributed by atoms with van der Waals surface area (Å²) in [5.41, 5.74) is -5.40. The quantitative estimate of drug-likeness (QED) is 0.249. The molecule has 1 aliphatic heterocycles. The largest absolute Gasteiger partial charge is 2.00 e. The molecule has 0 amide bonds. The van der Waals surface area contributed by atoms with Crippen molar-refractivity contribution in [2.45, 2.75) is 38.0 Å². The fourth-order valence-corrected chi connectivity index (χ4v) is 1.43. The number of alkyl halides is 3. The average Bonchev–Trinajstić information content (AvgIpc) is 2.82. The molecule has 1 radical (unpaired) electrons. The second-order valence-corrected chi connectivity index (χ2v) is 5.34. The van der Waals surface area contributed by atoms with E-state index in [2.05, 4.69) is 18.0 Å². The van der Waals surface area contributed by atoms with E-state index in [1.807, 2.05) is 0 Å². The van der Waals surface area contributed by atoms with Crippen LogP contribution >= 0.6 is 0 Å². The van der Waals surface area contributed by atoms with Crippen LogP contribution in [0.15, 0.2) is 0 Å². The Morgan fingerprint density at radius 2 is 1.78 bits per heavy atom. The van der Waals surface area contributed by atoms with Gasteiger partial charge in [0.1, 0.15) is 0 Å². The van der Waals surface area contributed by atoms with E-state index in [1.54, 1.807) is 0 Å². The zero-order valence-electron chi connectivity index (χ0n) is 13.3. The first-order chi connectivity index (χ1) is 9.24. The van der Waals surface area contributed by atoms with Crippen molar-refractivity contribution in [2.75, 3.05) is 19.8 Å². The molecule has 1 fully saturated rings. The van der Waals surface area contributed by atoms with Gasteiger partial charge in [0.25, 0.3) is 0 Å². The molecule has 0 aromatic carbocycles. The molecule has 1 heterocycles. The van der Waals surface area contributed by atoms with Gasteiger partial charge in [-0.15, -0.1) is 0 Å². The van der Waals surface area contributed by atoms with Crippen LogP contribution in [0.4, 0.5) is 13.2 Å². The Balaban J connectivity index is -0.000000199. The predicted octanol–water partition coefficient (Wildman–Crippen LogP) is 2.89. The third-order valence-corrected chi connectivity index (χ3v) is 3.06. The van der Waals surface area contributed by atoms with Gasteiger partial charge in [-0.05, 0) is 0 Å². The van der Waals surface area contributed by atoms with Crippen LogP contribution in [0.1, 0.15) is 26.2 Å². The Labute approximate surface area is 186 Å². The normalized spacial score (nSPS) is 14.7. The first kappa shape index (κ1) is 32.4. The molecule has 5 nitrogen and oxygen atoms in total. The molecule has 1 saturated heterocycles. The van der Waals surface area contributed by atoms with Gasteiger partial charge in [-0.2, -0.15) is 28.0 Å². The van der Waals surface area contributed by atoms with Crippen LogP contribution < -0.4 is 0 Å². The molecule has 1 aliphatic rings. The van der Waals surface area contributed by atoms with E-state index in [1.165, 1.54) is 12.8 Å². The molecule has 0 atom stereocenters. The van der Waals surface area contributed by atoms with Gasteiger partial charge in [0.2, 0.25) is 0 Å². The van der Waals surface area contributed by atoms with Gasteiger partial charge in [-0.25, -0.2) is 6.42 Å². The molecule has 0 aromatic heterocycles. The summed E-state index contributed by atoms with van der Waals surface area (Å²) < 4.78 is 69.3. The van der Waals surface area contributed by atoms with Gasteiger partial charge in [-0.1, -0.05) is 26.4 Å². The Morgan fingerprint density at radius 1 is 1.30 bits per heavy atom. The number of hydrogen-bond acceptors (Lipinski definition) is 5. The maximum atomic E-state index is 11.7. The minimum absolute atomic E-state index is 0. The molecular formula is C12H22F3O5SUY-. The molecule has 0 aliphatic carbocycles. The van der Waals surface area contributed by atoms with Crippen molar-refractivity contribution in [3.8, 4) is 0 Å². The van der Waals surface area contributed by atoms with Crippen LogP contribution in [0.2, 0.25) is 0 Å². The number of halogens is 3. The summed E-state index contributed by atoms with van der Waals surface area (Å²) in [7, 11) is -5.53. The first-order valence-electron chi connectivity index (χ1n) is 6.06. The molecule has 11 heteroatoms. The molecule has 1 rings (SSSR count). The standard InChI is InChI=1S/C6H8F3O5S.C5H11.CH3.U.Y/c7-6(8,9)15(10,11)14-2-1-5-12-3-4-13-5;1-3-5-4-2;;;/h1,5H,2-4H2;1,3-5H2,2H3;1H3;;/q3*-1;+2;. The van der Waals surface area contributed by atoms with Crippen molar-refractivity contribution >= 4 is 10.1 Å². The van der Waals surface area contributed by atoms with Crippen molar-refractivity contribution in [3.05, 3.63) is 20.8 Å². The van der Waals surface area contributed by atoms with Crippen LogP contribution in [0.5, 0.6) is 0 Å². The molecule has 0 saturated carbocycles. The summed E-state index contributed by atoms with van der Waals surface area (Å²) in [5, 5.41) is 0. The molecule has 0 bridgehead atoms. The Hall–Kier alpha value is 1.78. The van der Waals surface area contributed by atoms with E-state index >= 15 is 0 Å². The Bertz CT molecular complexity index is 347. The van der Waals surface area contributed by atoms with Gasteiger partial charge >= 0.3 is 46.7 Å². The van der Waals surface area contributed by atoms with Crippen LogP contribution in [-0.4, -0.2) is 40.0 Å². The maximum absolute atomic E-state index is 11.7. The van der Waals surface area contributed by atoms with E-state index in [-0.39, 0.29) is 71.2 Å². The third kappa shape index (κ3) is 15.7. The third-order valence-electron chi connectivity index (χ3n) is 2.05. The zero-order valence-corrected chi connectivity index (χ0v) is 21.1. The Kier molecular flexibility index (Phi) is 24.3. The summed E-state index contributed by atoms with van der Waals surface area (Å²) in [6.45, 7) is 5.73. The summed E-state index contributed by atoms with van der Waals surface area (Å²) in [4.78, 5) is 0.